The second-order valence-electron chi connectivity index (χ2n) is 2.73. The van der Waals surface area contributed by atoms with Crippen molar-refractivity contribution in [2.45, 2.75) is 20.8 Å². The molecule has 0 aliphatic carbocycles. The van der Waals surface area contributed by atoms with Gasteiger partial charge in [0.05, 0.1) is 6.61 Å². The number of ether oxygens (including phenoxy) is 1. The molecule has 0 aromatic rings. The van der Waals surface area contributed by atoms with Gasteiger partial charge in [-0.15, -0.1) is 0 Å². The van der Waals surface area contributed by atoms with Crippen LogP contribution in [0.2, 0.25) is 0 Å². The summed E-state index contributed by atoms with van der Waals surface area (Å²) >= 11 is 0. The standard InChI is InChI=1S/C10H16O2/c1-5-7-9(8(3)4)10(11)12-6-2/h5,7-8H,1,6H2,2-4H3/b9-7+. The molecule has 0 rings (SSSR count). The summed E-state index contributed by atoms with van der Waals surface area (Å²) in [4.78, 5) is 11.2. The van der Waals surface area contributed by atoms with E-state index in [0.717, 1.165) is 0 Å². The molecule has 0 N–H and O–H groups in total. The fraction of sp³-hybridized carbons (Fsp3) is 0.500. The number of carbonyl (C=O) groups is 1. The summed E-state index contributed by atoms with van der Waals surface area (Å²) in [7, 11) is 0. The first-order valence-electron chi connectivity index (χ1n) is 4.13. The predicted molar refractivity (Wildman–Crippen MR) is 49.8 cm³/mol. The SMILES string of the molecule is C=C/C=C(/C(=O)OCC)C(C)C. The monoisotopic (exact) mass is 168 g/mol. The maximum absolute atomic E-state index is 11.2. The molecule has 0 aliphatic rings. The van der Waals surface area contributed by atoms with Crippen molar-refractivity contribution < 1.29 is 9.53 Å². The van der Waals surface area contributed by atoms with E-state index in [1.54, 1.807) is 19.1 Å². The summed E-state index contributed by atoms with van der Waals surface area (Å²) in [5.74, 6) is -0.0607. The van der Waals surface area contributed by atoms with Crippen LogP contribution < -0.4 is 0 Å². The molecule has 0 bridgehead atoms. The lowest BCUT2D eigenvalue weighted by Crippen LogP contribution is -2.11. The van der Waals surface area contributed by atoms with Crippen LogP contribution in [0, 0.1) is 5.92 Å². The van der Waals surface area contributed by atoms with Gasteiger partial charge in [0.1, 0.15) is 0 Å². The molecule has 0 radical (unpaired) electrons. The molecule has 0 fully saturated rings. The summed E-state index contributed by atoms with van der Waals surface area (Å²) < 4.78 is 4.86. The molecule has 68 valence electrons. The van der Waals surface area contributed by atoms with Crippen LogP contribution in [0.5, 0.6) is 0 Å². The Morgan fingerprint density at radius 2 is 2.17 bits per heavy atom. The molecule has 0 saturated carbocycles. The molecular weight excluding hydrogens is 152 g/mol. The summed E-state index contributed by atoms with van der Waals surface area (Å²) in [6.07, 6.45) is 3.30. The average Bonchev–Trinajstić information content (AvgIpc) is 1.99. The maximum Gasteiger partial charge on any atom is 0.334 e. The Bertz CT molecular complexity index is 190. The van der Waals surface area contributed by atoms with Gasteiger partial charge in [0, 0.05) is 5.57 Å². The number of hydrogen-bond donors (Lipinski definition) is 0. The molecule has 0 aliphatic heterocycles. The van der Waals surface area contributed by atoms with Crippen molar-refractivity contribution in [2.75, 3.05) is 6.61 Å². The van der Waals surface area contributed by atoms with E-state index in [9.17, 15) is 4.79 Å². The molecule has 0 aromatic heterocycles. The van der Waals surface area contributed by atoms with Gasteiger partial charge in [-0.05, 0) is 12.8 Å². The van der Waals surface area contributed by atoms with E-state index in [0.29, 0.717) is 12.2 Å². The molecule has 0 heterocycles. The van der Waals surface area contributed by atoms with Crippen LogP contribution in [0.1, 0.15) is 20.8 Å². The van der Waals surface area contributed by atoms with Gasteiger partial charge >= 0.3 is 5.97 Å². The normalized spacial score (nSPS) is 11.5. The van der Waals surface area contributed by atoms with E-state index in [1.165, 1.54) is 0 Å². The van der Waals surface area contributed by atoms with Crippen molar-refractivity contribution in [3.05, 3.63) is 24.3 Å². The lowest BCUT2D eigenvalue weighted by atomic mass is 10.0. The quantitative estimate of drug-likeness (QED) is 0.366. The van der Waals surface area contributed by atoms with Gasteiger partial charge in [-0.2, -0.15) is 0 Å². The van der Waals surface area contributed by atoms with Crippen molar-refractivity contribution in [3.8, 4) is 0 Å². The molecule has 0 aromatic carbocycles. The third kappa shape index (κ3) is 3.37. The van der Waals surface area contributed by atoms with E-state index in [-0.39, 0.29) is 11.9 Å². The van der Waals surface area contributed by atoms with Crippen LogP contribution in [-0.4, -0.2) is 12.6 Å². The molecule has 0 saturated heterocycles. The Morgan fingerprint density at radius 3 is 2.50 bits per heavy atom. The van der Waals surface area contributed by atoms with Crippen molar-refractivity contribution >= 4 is 5.97 Å². The van der Waals surface area contributed by atoms with Gasteiger partial charge < -0.3 is 4.74 Å². The first kappa shape index (κ1) is 11.0. The minimum absolute atomic E-state index is 0.182. The first-order chi connectivity index (χ1) is 5.63. The largest absolute Gasteiger partial charge is 0.463 e. The molecule has 2 nitrogen and oxygen atoms in total. The fourth-order valence-electron chi connectivity index (χ4n) is 0.838. The predicted octanol–water partition coefficient (Wildman–Crippen LogP) is 2.32. The lowest BCUT2D eigenvalue weighted by Gasteiger charge is -2.08. The molecule has 0 unspecified atom stereocenters. The van der Waals surface area contributed by atoms with Gasteiger partial charge in [-0.3, -0.25) is 0 Å². The van der Waals surface area contributed by atoms with E-state index < -0.39 is 0 Å². The zero-order chi connectivity index (χ0) is 9.56. The Labute approximate surface area is 73.9 Å². The first-order valence-corrected chi connectivity index (χ1v) is 4.13. The second-order valence-corrected chi connectivity index (χ2v) is 2.73. The highest BCUT2D eigenvalue weighted by Crippen LogP contribution is 2.11. The van der Waals surface area contributed by atoms with Gasteiger partial charge in [-0.1, -0.05) is 32.6 Å². The van der Waals surface area contributed by atoms with Crippen LogP contribution in [0.3, 0.4) is 0 Å². The smallest absolute Gasteiger partial charge is 0.334 e. The Balaban J connectivity index is 4.41. The van der Waals surface area contributed by atoms with Crippen LogP contribution in [0.4, 0.5) is 0 Å². The molecule has 0 atom stereocenters. The average molecular weight is 168 g/mol. The van der Waals surface area contributed by atoms with Gasteiger partial charge in [-0.25, -0.2) is 4.79 Å². The highest BCUT2D eigenvalue weighted by Gasteiger charge is 2.12. The van der Waals surface area contributed by atoms with Crippen molar-refractivity contribution in [2.24, 2.45) is 5.92 Å². The molecule has 2 heteroatoms. The molecule has 12 heavy (non-hydrogen) atoms. The molecule has 0 spiro atoms. The zero-order valence-electron chi connectivity index (χ0n) is 7.96. The number of allylic oxidation sites excluding steroid dienone is 2. The summed E-state index contributed by atoms with van der Waals surface area (Å²) in [6, 6.07) is 0. The highest BCUT2D eigenvalue weighted by atomic mass is 16.5. The van der Waals surface area contributed by atoms with Gasteiger partial charge in [0.25, 0.3) is 0 Å². The highest BCUT2D eigenvalue weighted by molar-refractivity contribution is 5.89. The Kier molecular flexibility index (Phi) is 5.09. The van der Waals surface area contributed by atoms with Gasteiger partial charge in [0.15, 0.2) is 0 Å². The number of carbonyl (C=O) groups excluding carboxylic acids is 1. The van der Waals surface area contributed by atoms with Crippen LogP contribution in [0.15, 0.2) is 24.3 Å². The Morgan fingerprint density at radius 1 is 1.58 bits per heavy atom. The van der Waals surface area contributed by atoms with Gasteiger partial charge in [0.2, 0.25) is 0 Å². The van der Waals surface area contributed by atoms with E-state index >= 15 is 0 Å². The van der Waals surface area contributed by atoms with Crippen LogP contribution in [0.25, 0.3) is 0 Å². The molecule has 0 amide bonds. The zero-order valence-corrected chi connectivity index (χ0v) is 7.96. The van der Waals surface area contributed by atoms with Crippen molar-refractivity contribution in [3.63, 3.8) is 0 Å². The topological polar surface area (TPSA) is 26.3 Å². The summed E-state index contributed by atoms with van der Waals surface area (Å²) in [6.45, 7) is 9.65. The minimum atomic E-state index is -0.243. The minimum Gasteiger partial charge on any atom is -0.463 e. The number of rotatable bonds is 4. The number of hydrogen-bond acceptors (Lipinski definition) is 2. The van der Waals surface area contributed by atoms with Crippen molar-refractivity contribution in [1.29, 1.82) is 0 Å². The Hall–Kier alpha value is -1.05. The number of esters is 1. The van der Waals surface area contributed by atoms with Crippen LogP contribution in [-0.2, 0) is 9.53 Å². The van der Waals surface area contributed by atoms with E-state index in [1.807, 2.05) is 13.8 Å². The molecular formula is C10H16O2. The maximum atomic E-state index is 11.2. The van der Waals surface area contributed by atoms with Crippen LogP contribution >= 0.6 is 0 Å². The van der Waals surface area contributed by atoms with E-state index in [4.69, 9.17) is 4.74 Å². The third-order valence-electron chi connectivity index (χ3n) is 1.43. The third-order valence-corrected chi connectivity index (χ3v) is 1.43. The second kappa shape index (κ2) is 5.58. The lowest BCUT2D eigenvalue weighted by molar-refractivity contribution is -0.139. The summed E-state index contributed by atoms with van der Waals surface area (Å²) in [5, 5.41) is 0. The van der Waals surface area contributed by atoms with E-state index in [2.05, 4.69) is 6.58 Å². The van der Waals surface area contributed by atoms with Crippen molar-refractivity contribution in [1.82, 2.24) is 0 Å². The fourth-order valence-corrected chi connectivity index (χ4v) is 0.838. The summed E-state index contributed by atoms with van der Waals surface area (Å²) in [5.41, 5.74) is 0.673.